The van der Waals surface area contributed by atoms with Crippen molar-refractivity contribution in [3.63, 3.8) is 0 Å². The van der Waals surface area contributed by atoms with E-state index in [1.54, 1.807) is 15.5 Å². The van der Waals surface area contributed by atoms with Crippen molar-refractivity contribution in [3.05, 3.63) is 41.1 Å². The highest BCUT2D eigenvalue weighted by molar-refractivity contribution is 5.91. The molecule has 0 aliphatic carbocycles. The van der Waals surface area contributed by atoms with Crippen LogP contribution in [0.3, 0.4) is 0 Å². The van der Waals surface area contributed by atoms with Crippen LogP contribution < -0.4 is 0 Å². The summed E-state index contributed by atoms with van der Waals surface area (Å²) in [5.74, 6) is 2.10. The molecule has 0 fully saturated rings. The van der Waals surface area contributed by atoms with E-state index in [0.29, 0.717) is 31.2 Å². The highest BCUT2D eigenvalue weighted by Gasteiger charge is 2.31. The summed E-state index contributed by atoms with van der Waals surface area (Å²) in [6.45, 7) is 9.04. The monoisotopic (exact) mass is 340 g/mol. The number of aromatic nitrogens is 5. The first-order valence-electron chi connectivity index (χ1n) is 8.29. The molecule has 1 aliphatic rings. The lowest BCUT2D eigenvalue weighted by Gasteiger charge is -2.24. The van der Waals surface area contributed by atoms with Gasteiger partial charge in [-0.3, -0.25) is 9.20 Å². The second-order valence-corrected chi connectivity index (χ2v) is 7.38. The maximum Gasteiger partial charge on any atom is 0.292 e. The van der Waals surface area contributed by atoms with Gasteiger partial charge in [0.2, 0.25) is 5.82 Å². The molecule has 8 heteroatoms. The van der Waals surface area contributed by atoms with Gasteiger partial charge in [-0.2, -0.15) is 0 Å². The molecule has 0 atom stereocenters. The van der Waals surface area contributed by atoms with Crippen molar-refractivity contribution in [1.82, 2.24) is 29.5 Å². The fraction of sp³-hybridized carbons (Fsp3) is 0.471. The van der Waals surface area contributed by atoms with E-state index in [4.69, 9.17) is 4.42 Å². The van der Waals surface area contributed by atoms with Crippen LogP contribution in [0.4, 0.5) is 0 Å². The summed E-state index contributed by atoms with van der Waals surface area (Å²) >= 11 is 0. The van der Waals surface area contributed by atoms with Gasteiger partial charge >= 0.3 is 0 Å². The number of carbonyl (C=O) groups excluding carboxylic acids is 1. The summed E-state index contributed by atoms with van der Waals surface area (Å²) in [5, 5.41) is 8.02. The number of carbonyl (C=O) groups is 1. The van der Waals surface area contributed by atoms with Gasteiger partial charge in [0, 0.05) is 30.3 Å². The van der Waals surface area contributed by atoms with Crippen LogP contribution in [-0.2, 0) is 18.4 Å². The highest BCUT2D eigenvalue weighted by Crippen LogP contribution is 2.27. The Bertz CT molecular complexity index is 965. The third kappa shape index (κ3) is 2.67. The first kappa shape index (κ1) is 15.7. The predicted molar refractivity (Wildman–Crippen MR) is 89.2 cm³/mol. The zero-order chi connectivity index (χ0) is 17.8. The highest BCUT2D eigenvalue weighted by atomic mass is 16.4. The van der Waals surface area contributed by atoms with Crippen molar-refractivity contribution in [3.8, 4) is 0 Å². The van der Waals surface area contributed by atoms with Crippen molar-refractivity contribution in [1.29, 1.82) is 0 Å². The molecule has 0 bridgehead atoms. The molecule has 130 valence electrons. The lowest BCUT2D eigenvalue weighted by atomic mass is 9.97. The molecular formula is C17H20N6O2. The minimum absolute atomic E-state index is 0.154. The molecule has 0 radical (unpaired) electrons. The van der Waals surface area contributed by atoms with Crippen LogP contribution in [0.2, 0.25) is 0 Å². The number of fused-ring (bicyclic) bond motifs is 2. The van der Waals surface area contributed by atoms with Gasteiger partial charge in [0.25, 0.3) is 11.7 Å². The largest absolute Gasteiger partial charge is 0.445 e. The molecule has 3 aromatic rings. The number of rotatable bonds is 1. The molecule has 4 rings (SSSR count). The lowest BCUT2D eigenvalue weighted by molar-refractivity contribution is 0.0714. The second-order valence-electron chi connectivity index (χ2n) is 7.38. The van der Waals surface area contributed by atoms with Gasteiger partial charge in [-0.05, 0) is 13.0 Å². The Morgan fingerprint density at radius 1 is 1.24 bits per heavy atom. The molecule has 4 heterocycles. The normalized spacial score (nSPS) is 14.8. The van der Waals surface area contributed by atoms with E-state index in [0.717, 1.165) is 17.1 Å². The predicted octanol–water partition coefficient (Wildman–Crippen LogP) is 1.92. The summed E-state index contributed by atoms with van der Waals surface area (Å²) in [6, 6.07) is 1.83. The number of aryl methyl sites for hydroxylation is 1. The second kappa shape index (κ2) is 5.37. The number of oxazole rings is 1. The van der Waals surface area contributed by atoms with E-state index in [1.807, 2.05) is 13.0 Å². The van der Waals surface area contributed by atoms with E-state index >= 15 is 0 Å². The first-order valence-corrected chi connectivity index (χ1v) is 8.29. The molecule has 0 saturated heterocycles. The Balaban J connectivity index is 1.62. The van der Waals surface area contributed by atoms with E-state index in [1.165, 1.54) is 0 Å². The Morgan fingerprint density at radius 3 is 2.80 bits per heavy atom. The third-order valence-electron chi connectivity index (χ3n) is 4.27. The summed E-state index contributed by atoms with van der Waals surface area (Å²) in [5.41, 5.74) is 1.50. The van der Waals surface area contributed by atoms with Crippen molar-refractivity contribution in [2.45, 2.75) is 46.1 Å². The van der Waals surface area contributed by atoms with Gasteiger partial charge in [-0.15, -0.1) is 10.2 Å². The quantitative estimate of drug-likeness (QED) is 0.672. The number of nitrogens with zero attached hydrogens (tertiary/aromatic N) is 6. The van der Waals surface area contributed by atoms with Crippen molar-refractivity contribution < 1.29 is 9.21 Å². The van der Waals surface area contributed by atoms with Crippen molar-refractivity contribution in [2.24, 2.45) is 0 Å². The lowest BCUT2D eigenvalue weighted by Crippen LogP contribution is -2.36. The fourth-order valence-electron chi connectivity index (χ4n) is 2.85. The molecule has 0 N–H and O–H groups in total. The van der Waals surface area contributed by atoms with Crippen LogP contribution in [0.5, 0.6) is 0 Å². The molecule has 3 aromatic heterocycles. The van der Waals surface area contributed by atoms with Crippen LogP contribution in [0, 0.1) is 6.92 Å². The number of amides is 1. The molecule has 0 unspecified atom stereocenters. The zero-order valence-electron chi connectivity index (χ0n) is 14.8. The van der Waals surface area contributed by atoms with Gasteiger partial charge in [-0.25, -0.2) is 9.97 Å². The van der Waals surface area contributed by atoms with Gasteiger partial charge in [0.15, 0.2) is 5.89 Å². The molecule has 1 aliphatic heterocycles. The van der Waals surface area contributed by atoms with Gasteiger partial charge < -0.3 is 9.32 Å². The topological polar surface area (TPSA) is 89.4 Å². The van der Waals surface area contributed by atoms with Crippen molar-refractivity contribution >= 4 is 11.7 Å². The maximum absolute atomic E-state index is 12.9. The Labute approximate surface area is 144 Å². The van der Waals surface area contributed by atoms with E-state index in [-0.39, 0.29) is 17.1 Å². The molecule has 1 amide bonds. The van der Waals surface area contributed by atoms with E-state index in [9.17, 15) is 4.79 Å². The van der Waals surface area contributed by atoms with Crippen LogP contribution in [0.1, 0.15) is 54.4 Å². The maximum atomic E-state index is 12.9. The van der Waals surface area contributed by atoms with Crippen LogP contribution in [-0.4, -0.2) is 41.9 Å². The standard InChI is InChI=1S/C17H20N6O2/c1-10-5-8-23-13(20-21-16(23)18-10)14(24)22-7-6-12-11(9-22)19-15(25-12)17(2,3)4/h5,8H,6-7,9H2,1-4H3. The Morgan fingerprint density at radius 2 is 2.04 bits per heavy atom. The minimum atomic E-state index is -0.177. The fourth-order valence-corrected chi connectivity index (χ4v) is 2.85. The van der Waals surface area contributed by atoms with Gasteiger partial charge in [0.1, 0.15) is 11.5 Å². The van der Waals surface area contributed by atoms with Crippen LogP contribution >= 0.6 is 0 Å². The average molecular weight is 340 g/mol. The Hall–Kier alpha value is -2.77. The first-order chi connectivity index (χ1) is 11.8. The molecule has 25 heavy (non-hydrogen) atoms. The van der Waals surface area contributed by atoms with E-state index < -0.39 is 0 Å². The summed E-state index contributed by atoms with van der Waals surface area (Å²) in [6.07, 6.45) is 2.42. The molecule has 0 aromatic carbocycles. The SMILES string of the molecule is Cc1ccn2c(C(=O)N3CCc4oc(C(C)(C)C)nc4C3)nnc2n1. The molecule has 0 saturated carbocycles. The van der Waals surface area contributed by atoms with E-state index in [2.05, 4.69) is 40.9 Å². The zero-order valence-corrected chi connectivity index (χ0v) is 14.8. The third-order valence-corrected chi connectivity index (χ3v) is 4.27. The van der Waals surface area contributed by atoms with Crippen LogP contribution in [0.25, 0.3) is 5.78 Å². The summed E-state index contributed by atoms with van der Waals surface area (Å²) in [4.78, 5) is 23.5. The number of hydrogen-bond donors (Lipinski definition) is 0. The van der Waals surface area contributed by atoms with Crippen LogP contribution in [0.15, 0.2) is 16.7 Å². The summed E-state index contributed by atoms with van der Waals surface area (Å²) < 4.78 is 7.50. The molecular weight excluding hydrogens is 320 g/mol. The summed E-state index contributed by atoms with van der Waals surface area (Å²) in [7, 11) is 0. The smallest absolute Gasteiger partial charge is 0.292 e. The molecule has 0 spiro atoms. The van der Waals surface area contributed by atoms with Gasteiger partial charge in [-0.1, -0.05) is 20.8 Å². The van der Waals surface area contributed by atoms with Crippen molar-refractivity contribution in [2.75, 3.05) is 6.54 Å². The molecule has 8 nitrogen and oxygen atoms in total. The average Bonchev–Trinajstić information content (AvgIpc) is 3.16. The number of hydrogen-bond acceptors (Lipinski definition) is 6. The Kier molecular flexibility index (Phi) is 3.38. The minimum Gasteiger partial charge on any atom is -0.445 e. The van der Waals surface area contributed by atoms with Gasteiger partial charge in [0.05, 0.1) is 6.54 Å².